The average molecular weight is 485 g/mol. The molecular weight excluding hydrogens is 456 g/mol. The van der Waals surface area contributed by atoms with Crippen molar-refractivity contribution in [1.29, 1.82) is 0 Å². The minimum absolute atomic E-state index is 0.0891. The molecule has 2 aromatic carbocycles. The predicted molar refractivity (Wildman–Crippen MR) is 125 cm³/mol. The van der Waals surface area contributed by atoms with Crippen LogP contribution in [-0.4, -0.2) is 47.0 Å². The number of nitrogens with two attached hydrogens (primary N) is 1. The smallest absolute Gasteiger partial charge is 0.408 e. The lowest BCUT2D eigenvalue weighted by Gasteiger charge is -2.36. The number of alkyl carbamates (subject to hydrolysis) is 1. The van der Waals surface area contributed by atoms with Crippen molar-refractivity contribution >= 4 is 23.8 Å². The highest BCUT2D eigenvalue weighted by Crippen LogP contribution is 2.38. The Morgan fingerprint density at radius 1 is 1.11 bits per heavy atom. The molecule has 0 saturated carbocycles. The van der Waals surface area contributed by atoms with Gasteiger partial charge in [0.05, 0.1) is 10.5 Å². The van der Waals surface area contributed by atoms with Gasteiger partial charge in [-0.2, -0.15) is 0 Å². The molecular formula is C24H28N4O7. The molecule has 1 saturated heterocycles. The fraction of sp³-hybridized carbons (Fsp3) is 0.375. The zero-order chi connectivity index (χ0) is 25.4. The standard InChI is InChI=1S/C24H28N4O7/c1-16(26-24(31)34-15-17-7-3-2-4-8-17)22(29)27-13-11-18(12-14-27)21(35-23(25)30)19-9-5-6-10-20(19)28(32)33/h2-10,16,18,21H,11-15H2,1H3,(H2,25,30)(H,26,31)/t16-,21?/m0/s1. The Kier molecular flexibility index (Phi) is 8.60. The summed E-state index contributed by atoms with van der Waals surface area (Å²) in [5, 5.41) is 14.0. The molecule has 186 valence electrons. The normalized spacial score (nSPS) is 15.5. The van der Waals surface area contributed by atoms with Crippen LogP contribution in [0, 0.1) is 16.0 Å². The maximum atomic E-state index is 12.8. The van der Waals surface area contributed by atoms with Crippen LogP contribution in [0.3, 0.4) is 0 Å². The molecule has 11 heteroatoms. The van der Waals surface area contributed by atoms with Crippen LogP contribution in [0.1, 0.15) is 37.0 Å². The van der Waals surface area contributed by atoms with E-state index >= 15 is 0 Å². The molecule has 0 spiro atoms. The molecule has 1 aliphatic heterocycles. The number of amides is 3. The van der Waals surface area contributed by atoms with Crippen molar-refractivity contribution in [2.45, 2.75) is 38.5 Å². The van der Waals surface area contributed by atoms with Crippen LogP contribution >= 0.6 is 0 Å². The summed E-state index contributed by atoms with van der Waals surface area (Å²) in [5.41, 5.74) is 6.17. The molecule has 0 aliphatic carbocycles. The molecule has 35 heavy (non-hydrogen) atoms. The lowest BCUT2D eigenvalue weighted by atomic mass is 9.86. The number of benzene rings is 2. The monoisotopic (exact) mass is 484 g/mol. The van der Waals surface area contributed by atoms with Gasteiger partial charge in [-0.15, -0.1) is 0 Å². The van der Waals surface area contributed by atoms with Gasteiger partial charge in [-0.25, -0.2) is 9.59 Å². The number of nitro benzene ring substituents is 1. The molecule has 1 aliphatic rings. The molecule has 2 aromatic rings. The van der Waals surface area contributed by atoms with Crippen LogP contribution in [0.4, 0.5) is 15.3 Å². The second-order valence-corrected chi connectivity index (χ2v) is 8.26. The molecule has 3 rings (SSSR count). The summed E-state index contributed by atoms with van der Waals surface area (Å²) >= 11 is 0. The first kappa shape index (κ1) is 25.5. The topological polar surface area (TPSA) is 154 Å². The van der Waals surface area contributed by atoms with E-state index in [0.717, 1.165) is 5.56 Å². The maximum absolute atomic E-state index is 12.8. The summed E-state index contributed by atoms with van der Waals surface area (Å²) in [6.07, 6.45) is -1.77. The molecule has 1 fully saturated rings. The molecule has 1 heterocycles. The van der Waals surface area contributed by atoms with Gasteiger partial charge >= 0.3 is 12.2 Å². The van der Waals surface area contributed by atoms with Crippen LogP contribution in [0.5, 0.6) is 0 Å². The summed E-state index contributed by atoms with van der Waals surface area (Å²) in [6.45, 7) is 2.32. The number of carbonyl (C=O) groups is 3. The van der Waals surface area contributed by atoms with E-state index in [2.05, 4.69) is 5.32 Å². The number of ether oxygens (including phenoxy) is 2. The van der Waals surface area contributed by atoms with E-state index in [1.165, 1.54) is 18.2 Å². The Balaban J connectivity index is 1.57. The fourth-order valence-electron chi connectivity index (χ4n) is 4.13. The predicted octanol–water partition coefficient (Wildman–Crippen LogP) is 3.28. The van der Waals surface area contributed by atoms with Gasteiger partial charge in [-0.3, -0.25) is 14.9 Å². The number of primary amides is 1. The number of carbonyl (C=O) groups excluding carboxylic acids is 3. The van der Waals surface area contributed by atoms with Crippen LogP contribution in [0.2, 0.25) is 0 Å². The van der Waals surface area contributed by atoms with Gasteiger partial charge in [0.2, 0.25) is 5.91 Å². The summed E-state index contributed by atoms with van der Waals surface area (Å²) < 4.78 is 10.4. The molecule has 0 aromatic heterocycles. The number of nitrogens with one attached hydrogen (secondary N) is 1. The van der Waals surface area contributed by atoms with Crippen molar-refractivity contribution in [2.24, 2.45) is 11.7 Å². The third kappa shape index (κ3) is 6.92. The molecule has 2 atom stereocenters. The summed E-state index contributed by atoms with van der Waals surface area (Å²) in [5.74, 6) is -0.551. The van der Waals surface area contributed by atoms with Gasteiger partial charge in [0.15, 0.2) is 0 Å². The molecule has 3 amide bonds. The van der Waals surface area contributed by atoms with Crippen LogP contribution < -0.4 is 11.1 Å². The van der Waals surface area contributed by atoms with Crippen molar-refractivity contribution in [3.8, 4) is 0 Å². The van der Waals surface area contributed by atoms with E-state index in [1.807, 2.05) is 30.3 Å². The molecule has 0 bridgehead atoms. The third-order valence-corrected chi connectivity index (χ3v) is 5.88. The fourth-order valence-corrected chi connectivity index (χ4v) is 4.13. The van der Waals surface area contributed by atoms with E-state index in [-0.39, 0.29) is 29.7 Å². The van der Waals surface area contributed by atoms with E-state index in [1.54, 1.807) is 17.9 Å². The van der Waals surface area contributed by atoms with Gasteiger partial charge in [-0.1, -0.05) is 42.5 Å². The van der Waals surface area contributed by atoms with Gasteiger partial charge in [0, 0.05) is 25.1 Å². The maximum Gasteiger partial charge on any atom is 0.408 e. The lowest BCUT2D eigenvalue weighted by Crippen LogP contribution is -2.50. The Morgan fingerprint density at radius 3 is 2.37 bits per heavy atom. The van der Waals surface area contributed by atoms with Gasteiger partial charge < -0.3 is 25.4 Å². The number of hydrogen-bond donors (Lipinski definition) is 2. The van der Waals surface area contributed by atoms with Gasteiger partial charge in [0.25, 0.3) is 5.69 Å². The Morgan fingerprint density at radius 2 is 1.74 bits per heavy atom. The second-order valence-electron chi connectivity index (χ2n) is 8.26. The van der Waals surface area contributed by atoms with E-state index < -0.39 is 29.3 Å². The number of piperidine rings is 1. The lowest BCUT2D eigenvalue weighted by molar-refractivity contribution is -0.386. The number of nitro groups is 1. The molecule has 1 unspecified atom stereocenters. The molecule has 0 radical (unpaired) electrons. The van der Waals surface area contributed by atoms with Crippen molar-refractivity contribution in [3.63, 3.8) is 0 Å². The van der Waals surface area contributed by atoms with Crippen LogP contribution in [0.25, 0.3) is 0 Å². The minimum atomic E-state index is -1.03. The summed E-state index contributed by atoms with van der Waals surface area (Å²) in [6, 6.07) is 14.4. The minimum Gasteiger partial charge on any atom is -0.445 e. The van der Waals surface area contributed by atoms with E-state index in [0.29, 0.717) is 25.9 Å². The number of likely N-dealkylation sites (tertiary alicyclic amines) is 1. The highest BCUT2D eigenvalue weighted by Gasteiger charge is 2.36. The third-order valence-electron chi connectivity index (χ3n) is 5.88. The largest absolute Gasteiger partial charge is 0.445 e. The Bertz CT molecular complexity index is 1050. The Labute approximate surface area is 202 Å². The summed E-state index contributed by atoms with van der Waals surface area (Å²) in [7, 11) is 0. The van der Waals surface area contributed by atoms with Gasteiger partial charge in [-0.05, 0) is 31.4 Å². The quantitative estimate of drug-likeness (QED) is 0.430. The number of para-hydroxylation sites is 1. The highest BCUT2D eigenvalue weighted by molar-refractivity contribution is 5.85. The van der Waals surface area contributed by atoms with E-state index in [9.17, 15) is 24.5 Å². The first-order valence-electron chi connectivity index (χ1n) is 11.2. The highest BCUT2D eigenvalue weighted by atomic mass is 16.6. The van der Waals surface area contributed by atoms with Crippen molar-refractivity contribution in [2.75, 3.05) is 13.1 Å². The first-order valence-corrected chi connectivity index (χ1v) is 11.2. The first-order chi connectivity index (χ1) is 16.8. The molecule has 3 N–H and O–H groups in total. The van der Waals surface area contributed by atoms with Crippen LogP contribution in [0.15, 0.2) is 54.6 Å². The van der Waals surface area contributed by atoms with Crippen molar-refractivity contribution < 1.29 is 28.8 Å². The zero-order valence-corrected chi connectivity index (χ0v) is 19.3. The number of nitrogens with zero attached hydrogens (tertiary/aromatic N) is 2. The van der Waals surface area contributed by atoms with E-state index in [4.69, 9.17) is 15.2 Å². The summed E-state index contributed by atoms with van der Waals surface area (Å²) in [4.78, 5) is 49.0. The van der Waals surface area contributed by atoms with Crippen molar-refractivity contribution in [1.82, 2.24) is 10.2 Å². The zero-order valence-electron chi connectivity index (χ0n) is 19.3. The average Bonchev–Trinajstić information content (AvgIpc) is 2.86. The van der Waals surface area contributed by atoms with Gasteiger partial charge in [0.1, 0.15) is 18.8 Å². The van der Waals surface area contributed by atoms with Crippen LogP contribution in [-0.2, 0) is 20.9 Å². The number of rotatable bonds is 8. The van der Waals surface area contributed by atoms with Crippen molar-refractivity contribution in [3.05, 3.63) is 75.8 Å². The Hall–Kier alpha value is -4.15. The SMILES string of the molecule is C[C@H](NC(=O)OCc1ccccc1)C(=O)N1CCC(C(OC(N)=O)c2ccccc2[N+](=O)[O-])CC1. The number of hydrogen-bond acceptors (Lipinski definition) is 7. The molecule has 11 nitrogen and oxygen atoms in total. The second kappa shape index (κ2) is 11.8.